The van der Waals surface area contributed by atoms with E-state index < -0.39 is 10.0 Å². The summed E-state index contributed by atoms with van der Waals surface area (Å²) in [6.07, 6.45) is 0. The minimum absolute atomic E-state index is 0.0719. The topological polar surface area (TPSA) is 81.4 Å². The number of para-hydroxylation sites is 2. The Balaban J connectivity index is 2.49. The van der Waals surface area contributed by atoms with Crippen LogP contribution in [-0.4, -0.2) is 15.5 Å². The van der Waals surface area contributed by atoms with Crippen LogP contribution in [0.4, 0.5) is 11.4 Å². The summed E-state index contributed by atoms with van der Waals surface area (Å²) in [7, 11) is -2.33. The quantitative estimate of drug-likeness (QED) is 0.718. The van der Waals surface area contributed by atoms with E-state index in [0.29, 0.717) is 26.1 Å². The van der Waals surface area contributed by atoms with E-state index in [4.69, 9.17) is 10.5 Å². The Hall–Kier alpha value is -1.25. The zero-order valence-electron chi connectivity index (χ0n) is 10.9. The van der Waals surface area contributed by atoms with Crippen LogP contribution in [0.3, 0.4) is 0 Å². The fourth-order valence-corrected chi connectivity index (χ4v) is 5.45. The molecule has 0 radical (unpaired) electrons. The van der Waals surface area contributed by atoms with Gasteiger partial charge in [0.2, 0.25) is 0 Å². The Morgan fingerprint density at radius 3 is 2.29 bits per heavy atom. The maximum atomic E-state index is 12.6. The molecule has 0 saturated carbocycles. The van der Waals surface area contributed by atoms with Crippen molar-refractivity contribution < 1.29 is 13.2 Å². The minimum atomic E-state index is -3.80. The number of benzene rings is 2. The van der Waals surface area contributed by atoms with E-state index in [1.54, 1.807) is 24.3 Å². The predicted octanol–water partition coefficient (Wildman–Crippen LogP) is 3.60. The molecule has 0 saturated heterocycles. The second-order valence-electron chi connectivity index (χ2n) is 4.12. The van der Waals surface area contributed by atoms with Crippen LogP contribution >= 0.6 is 31.9 Å². The van der Waals surface area contributed by atoms with E-state index >= 15 is 0 Å². The van der Waals surface area contributed by atoms with Crippen LogP contribution < -0.4 is 15.2 Å². The Morgan fingerprint density at radius 2 is 1.71 bits per heavy atom. The molecule has 0 atom stereocenters. The van der Waals surface area contributed by atoms with Gasteiger partial charge in [0.05, 0.1) is 12.8 Å². The molecule has 0 aliphatic heterocycles. The molecule has 8 heteroatoms. The van der Waals surface area contributed by atoms with Crippen LogP contribution in [0.1, 0.15) is 0 Å². The van der Waals surface area contributed by atoms with Crippen molar-refractivity contribution >= 4 is 53.3 Å². The molecule has 0 unspecified atom stereocenters. The van der Waals surface area contributed by atoms with E-state index in [-0.39, 0.29) is 4.90 Å². The first kappa shape index (κ1) is 16.1. The highest BCUT2D eigenvalue weighted by atomic mass is 79.9. The lowest BCUT2D eigenvalue weighted by Gasteiger charge is -2.14. The highest BCUT2D eigenvalue weighted by molar-refractivity contribution is 9.11. The molecule has 2 aromatic carbocycles. The second kappa shape index (κ2) is 6.25. The molecule has 5 nitrogen and oxygen atoms in total. The summed E-state index contributed by atoms with van der Waals surface area (Å²) in [5.74, 6) is 0.434. The van der Waals surface area contributed by atoms with E-state index in [9.17, 15) is 8.42 Å². The van der Waals surface area contributed by atoms with Gasteiger partial charge in [-0.05, 0) is 56.1 Å². The van der Waals surface area contributed by atoms with Crippen LogP contribution in [0.15, 0.2) is 50.2 Å². The normalized spacial score (nSPS) is 11.2. The zero-order chi connectivity index (χ0) is 15.6. The molecule has 2 aromatic rings. The Bertz CT molecular complexity index is 756. The number of halogens is 2. The molecular weight excluding hydrogens is 424 g/mol. The standard InChI is InChI=1S/C13H12Br2N2O3S/c1-20-12-5-3-2-4-11(12)17-21(18,19)13-9(14)6-8(16)7-10(13)15/h2-7,17H,16H2,1H3. The van der Waals surface area contributed by atoms with Crippen molar-refractivity contribution in [1.29, 1.82) is 0 Å². The summed E-state index contributed by atoms with van der Waals surface area (Å²) in [5.41, 5.74) is 6.48. The second-order valence-corrected chi connectivity index (χ2v) is 7.45. The summed E-state index contributed by atoms with van der Waals surface area (Å²) in [6, 6.07) is 9.82. The SMILES string of the molecule is COc1ccccc1NS(=O)(=O)c1c(Br)cc(N)cc1Br. The van der Waals surface area contributed by atoms with Gasteiger partial charge in [-0.1, -0.05) is 12.1 Å². The molecule has 0 amide bonds. The first-order valence-corrected chi connectivity index (χ1v) is 8.82. The number of rotatable bonds is 4. The molecule has 0 aliphatic rings. The number of nitrogen functional groups attached to an aromatic ring is 1. The van der Waals surface area contributed by atoms with Gasteiger partial charge in [0, 0.05) is 14.6 Å². The van der Waals surface area contributed by atoms with Crippen molar-refractivity contribution in [3.05, 3.63) is 45.3 Å². The predicted molar refractivity (Wildman–Crippen MR) is 90.1 cm³/mol. The number of hydrogen-bond acceptors (Lipinski definition) is 4. The first-order valence-electron chi connectivity index (χ1n) is 5.75. The maximum Gasteiger partial charge on any atom is 0.264 e. The van der Waals surface area contributed by atoms with Crippen LogP contribution in [0.2, 0.25) is 0 Å². The van der Waals surface area contributed by atoms with Gasteiger partial charge in [-0.25, -0.2) is 8.42 Å². The Kier molecular flexibility index (Phi) is 4.80. The zero-order valence-corrected chi connectivity index (χ0v) is 14.9. The van der Waals surface area contributed by atoms with E-state index in [0.717, 1.165) is 0 Å². The smallest absolute Gasteiger partial charge is 0.264 e. The molecular formula is C13H12Br2N2O3S. The summed E-state index contributed by atoms with van der Waals surface area (Å²) in [6.45, 7) is 0. The number of nitrogens with two attached hydrogens (primary N) is 1. The van der Waals surface area contributed by atoms with Crippen molar-refractivity contribution in [2.75, 3.05) is 17.6 Å². The monoisotopic (exact) mass is 434 g/mol. The molecule has 0 bridgehead atoms. The van der Waals surface area contributed by atoms with E-state index in [1.807, 2.05) is 0 Å². The highest BCUT2D eigenvalue weighted by Gasteiger charge is 2.23. The summed E-state index contributed by atoms with van der Waals surface area (Å²) in [4.78, 5) is 0.0719. The lowest BCUT2D eigenvalue weighted by molar-refractivity contribution is 0.417. The fraction of sp³-hybridized carbons (Fsp3) is 0.0769. The van der Waals surface area contributed by atoms with Gasteiger partial charge in [-0.2, -0.15) is 0 Å². The lowest BCUT2D eigenvalue weighted by atomic mass is 10.3. The minimum Gasteiger partial charge on any atom is -0.495 e. The maximum absolute atomic E-state index is 12.6. The van der Waals surface area contributed by atoms with E-state index in [1.165, 1.54) is 19.2 Å². The third-order valence-electron chi connectivity index (χ3n) is 2.64. The van der Waals surface area contributed by atoms with Gasteiger partial charge in [0.15, 0.2) is 0 Å². The van der Waals surface area contributed by atoms with Gasteiger partial charge >= 0.3 is 0 Å². The number of anilines is 2. The molecule has 0 aliphatic carbocycles. The average Bonchev–Trinajstić information content (AvgIpc) is 2.37. The number of methoxy groups -OCH3 is 1. The largest absolute Gasteiger partial charge is 0.495 e. The molecule has 21 heavy (non-hydrogen) atoms. The first-order chi connectivity index (χ1) is 9.85. The van der Waals surface area contributed by atoms with Gasteiger partial charge in [-0.15, -0.1) is 0 Å². The summed E-state index contributed by atoms with van der Waals surface area (Å²) < 4.78 is 33.5. The average molecular weight is 436 g/mol. The number of hydrogen-bond donors (Lipinski definition) is 2. The van der Waals surface area contributed by atoms with Crippen molar-refractivity contribution in [1.82, 2.24) is 0 Å². The molecule has 0 fully saturated rings. The van der Waals surface area contributed by atoms with Crippen molar-refractivity contribution in [2.45, 2.75) is 4.90 Å². The summed E-state index contributed by atoms with van der Waals surface area (Å²) >= 11 is 6.44. The molecule has 2 rings (SSSR count). The van der Waals surface area contributed by atoms with Crippen LogP contribution in [-0.2, 0) is 10.0 Å². The van der Waals surface area contributed by atoms with Crippen molar-refractivity contribution in [3.8, 4) is 5.75 Å². The van der Waals surface area contributed by atoms with Crippen molar-refractivity contribution in [2.24, 2.45) is 0 Å². The number of nitrogens with one attached hydrogen (secondary N) is 1. The molecule has 112 valence electrons. The Morgan fingerprint density at radius 1 is 1.14 bits per heavy atom. The van der Waals surface area contributed by atoms with Gasteiger partial charge < -0.3 is 10.5 Å². The van der Waals surface area contributed by atoms with Crippen LogP contribution in [0.25, 0.3) is 0 Å². The number of sulfonamides is 1. The highest BCUT2D eigenvalue weighted by Crippen LogP contribution is 2.35. The number of ether oxygens (including phenoxy) is 1. The van der Waals surface area contributed by atoms with Crippen molar-refractivity contribution in [3.63, 3.8) is 0 Å². The van der Waals surface area contributed by atoms with Crippen LogP contribution in [0.5, 0.6) is 5.75 Å². The molecule has 0 aromatic heterocycles. The molecule has 0 spiro atoms. The van der Waals surface area contributed by atoms with Gasteiger partial charge in [0.1, 0.15) is 10.6 Å². The van der Waals surface area contributed by atoms with E-state index in [2.05, 4.69) is 36.6 Å². The Labute approximate surface area is 139 Å². The lowest BCUT2D eigenvalue weighted by Crippen LogP contribution is -2.15. The van der Waals surface area contributed by atoms with Crippen LogP contribution in [0, 0.1) is 0 Å². The third kappa shape index (κ3) is 3.50. The molecule has 0 heterocycles. The summed E-state index contributed by atoms with van der Waals surface area (Å²) in [5, 5.41) is 0. The molecule has 3 N–H and O–H groups in total. The fourth-order valence-electron chi connectivity index (χ4n) is 1.76. The van der Waals surface area contributed by atoms with Gasteiger partial charge in [-0.3, -0.25) is 4.72 Å². The third-order valence-corrected chi connectivity index (χ3v) is 5.88. The van der Waals surface area contributed by atoms with Gasteiger partial charge in [0.25, 0.3) is 10.0 Å².